The van der Waals surface area contributed by atoms with E-state index in [9.17, 15) is 5.11 Å². The predicted molar refractivity (Wildman–Crippen MR) is 64.9 cm³/mol. The molecule has 84 valence electrons. The van der Waals surface area contributed by atoms with Crippen LogP contribution in [-0.2, 0) is 6.42 Å². The lowest BCUT2D eigenvalue weighted by molar-refractivity contribution is 0.127. The van der Waals surface area contributed by atoms with Gasteiger partial charge < -0.3 is 5.11 Å². The van der Waals surface area contributed by atoms with Gasteiger partial charge in [0.15, 0.2) is 0 Å². The number of unbranched alkanes of at least 4 members (excludes halogenated alkanes) is 1. The molecule has 1 rings (SSSR count). The third-order valence-corrected chi connectivity index (χ3v) is 2.74. The molecule has 1 aromatic rings. The fraction of sp³-hybridized carbons (Fsp3) is 0.571. The molecule has 1 aromatic carbocycles. The van der Waals surface area contributed by atoms with Crippen molar-refractivity contribution in [3.05, 3.63) is 35.4 Å². The van der Waals surface area contributed by atoms with Gasteiger partial charge in [-0.3, -0.25) is 0 Å². The van der Waals surface area contributed by atoms with E-state index in [0.717, 1.165) is 12.0 Å². The van der Waals surface area contributed by atoms with E-state index >= 15 is 0 Å². The van der Waals surface area contributed by atoms with Crippen LogP contribution in [0.5, 0.6) is 0 Å². The summed E-state index contributed by atoms with van der Waals surface area (Å²) in [5.41, 5.74) is 2.40. The molecular formula is C14H22O. The Morgan fingerprint density at radius 2 is 2.00 bits per heavy atom. The smallest absolute Gasteiger partial charge is 0.0813 e. The van der Waals surface area contributed by atoms with Crippen LogP contribution in [0.2, 0.25) is 0 Å². The molecule has 15 heavy (non-hydrogen) atoms. The second-order valence-electron chi connectivity index (χ2n) is 4.54. The van der Waals surface area contributed by atoms with E-state index in [1.165, 1.54) is 18.4 Å². The monoisotopic (exact) mass is 206 g/mol. The van der Waals surface area contributed by atoms with Gasteiger partial charge in [-0.1, -0.05) is 51.5 Å². The van der Waals surface area contributed by atoms with E-state index in [0.29, 0.717) is 0 Å². The molecule has 0 aliphatic carbocycles. The first-order chi connectivity index (χ1) is 7.15. The van der Waals surface area contributed by atoms with Crippen LogP contribution in [0.25, 0.3) is 0 Å². The summed E-state index contributed by atoms with van der Waals surface area (Å²) >= 11 is 0. The van der Waals surface area contributed by atoms with Crippen LogP contribution in [0.15, 0.2) is 24.3 Å². The van der Waals surface area contributed by atoms with Crippen LogP contribution in [0.3, 0.4) is 0 Å². The number of rotatable bonds is 5. The van der Waals surface area contributed by atoms with Crippen molar-refractivity contribution < 1.29 is 5.11 Å². The Balaban J connectivity index is 2.73. The van der Waals surface area contributed by atoms with E-state index in [2.05, 4.69) is 19.1 Å². The van der Waals surface area contributed by atoms with Gasteiger partial charge >= 0.3 is 0 Å². The zero-order valence-corrected chi connectivity index (χ0v) is 10.0. The first kappa shape index (κ1) is 12.3. The molecule has 1 nitrogen and oxygen atoms in total. The highest BCUT2D eigenvalue weighted by Crippen LogP contribution is 2.22. The van der Waals surface area contributed by atoms with E-state index in [1.54, 1.807) is 0 Å². The summed E-state index contributed by atoms with van der Waals surface area (Å²) in [5, 5.41) is 9.95. The maximum Gasteiger partial charge on any atom is 0.0813 e. The fourth-order valence-corrected chi connectivity index (χ4v) is 1.70. The van der Waals surface area contributed by atoms with Crippen molar-refractivity contribution in [3.8, 4) is 0 Å². The van der Waals surface area contributed by atoms with Crippen LogP contribution in [0, 0.1) is 5.92 Å². The first-order valence-corrected chi connectivity index (χ1v) is 5.92. The molecule has 0 spiro atoms. The lowest BCUT2D eigenvalue weighted by atomic mass is 9.96. The number of aliphatic hydroxyl groups is 1. The molecule has 1 heteroatoms. The fourth-order valence-electron chi connectivity index (χ4n) is 1.70. The Morgan fingerprint density at radius 3 is 2.60 bits per heavy atom. The highest BCUT2D eigenvalue weighted by atomic mass is 16.3. The Hall–Kier alpha value is -0.820. The lowest BCUT2D eigenvalue weighted by Crippen LogP contribution is -2.05. The topological polar surface area (TPSA) is 20.2 Å². The second-order valence-corrected chi connectivity index (χ2v) is 4.54. The van der Waals surface area contributed by atoms with Crippen LogP contribution in [-0.4, -0.2) is 5.11 Å². The van der Waals surface area contributed by atoms with E-state index in [-0.39, 0.29) is 12.0 Å². The summed E-state index contributed by atoms with van der Waals surface area (Å²) in [5.74, 6) is 0.284. The Bertz CT molecular complexity index is 291. The molecule has 0 saturated heterocycles. The third kappa shape index (κ3) is 3.67. The van der Waals surface area contributed by atoms with Gasteiger partial charge in [0.25, 0.3) is 0 Å². The molecule has 0 aliphatic heterocycles. The largest absolute Gasteiger partial charge is 0.388 e. The predicted octanol–water partition coefficient (Wildman–Crippen LogP) is 3.72. The molecule has 0 saturated carbocycles. The molecule has 1 atom stereocenters. The molecule has 0 heterocycles. The van der Waals surface area contributed by atoms with Crippen LogP contribution < -0.4 is 0 Å². The van der Waals surface area contributed by atoms with E-state index < -0.39 is 0 Å². The van der Waals surface area contributed by atoms with Crippen molar-refractivity contribution in [2.24, 2.45) is 5.92 Å². The van der Waals surface area contributed by atoms with Gasteiger partial charge in [0.05, 0.1) is 6.10 Å². The SMILES string of the molecule is CCCCc1cccc(C(O)C(C)C)c1. The van der Waals surface area contributed by atoms with Gasteiger partial charge in [0.1, 0.15) is 0 Å². The standard InChI is InChI=1S/C14H22O/c1-4-5-7-12-8-6-9-13(10-12)14(15)11(2)3/h6,8-11,14-15H,4-5,7H2,1-3H3. The number of benzene rings is 1. The normalized spacial score (nSPS) is 13.1. The number of aliphatic hydroxyl groups excluding tert-OH is 1. The minimum atomic E-state index is -0.327. The van der Waals surface area contributed by atoms with E-state index in [4.69, 9.17) is 0 Å². The minimum absolute atomic E-state index is 0.284. The van der Waals surface area contributed by atoms with Gasteiger partial charge in [-0.15, -0.1) is 0 Å². The molecule has 1 unspecified atom stereocenters. The summed E-state index contributed by atoms with van der Waals surface area (Å²) in [6, 6.07) is 8.35. The minimum Gasteiger partial charge on any atom is -0.388 e. The summed E-state index contributed by atoms with van der Waals surface area (Å²) in [6.07, 6.45) is 3.24. The summed E-state index contributed by atoms with van der Waals surface area (Å²) < 4.78 is 0. The average molecular weight is 206 g/mol. The van der Waals surface area contributed by atoms with E-state index in [1.807, 2.05) is 26.0 Å². The Morgan fingerprint density at radius 1 is 1.27 bits per heavy atom. The molecule has 0 aromatic heterocycles. The van der Waals surface area contributed by atoms with Crippen molar-refractivity contribution in [3.63, 3.8) is 0 Å². The van der Waals surface area contributed by atoms with Gasteiger partial charge in [-0.05, 0) is 29.9 Å². The van der Waals surface area contributed by atoms with Gasteiger partial charge in [0, 0.05) is 0 Å². The lowest BCUT2D eigenvalue weighted by Gasteiger charge is -2.15. The molecule has 0 amide bonds. The van der Waals surface area contributed by atoms with Crippen molar-refractivity contribution >= 4 is 0 Å². The molecule has 0 fully saturated rings. The van der Waals surface area contributed by atoms with Crippen molar-refractivity contribution in [1.29, 1.82) is 0 Å². The number of aryl methyl sites for hydroxylation is 1. The average Bonchev–Trinajstić information content (AvgIpc) is 2.25. The maximum atomic E-state index is 9.95. The highest BCUT2D eigenvalue weighted by molar-refractivity contribution is 5.25. The Labute approximate surface area is 93.1 Å². The molecular weight excluding hydrogens is 184 g/mol. The summed E-state index contributed by atoms with van der Waals surface area (Å²) in [7, 11) is 0. The summed E-state index contributed by atoms with van der Waals surface area (Å²) in [6.45, 7) is 6.29. The Kier molecular flexibility index (Phi) is 4.83. The van der Waals surface area contributed by atoms with Gasteiger partial charge in [0.2, 0.25) is 0 Å². The van der Waals surface area contributed by atoms with Crippen LogP contribution >= 0.6 is 0 Å². The highest BCUT2D eigenvalue weighted by Gasteiger charge is 2.11. The third-order valence-electron chi connectivity index (χ3n) is 2.74. The van der Waals surface area contributed by atoms with Crippen LogP contribution in [0.4, 0.5) is 0 Å². The maximum absolute atomic E-state index is 9.95. The van der Waals surface area contributed by atoms with Crippen molar-refractivity contribution in [2.75, 3.05) is 0 Å². The quantitative estimate of drug-likeness (QED) is 0.778. The second kappa shape index (κ2) is 5.92. The molecule has 0 radical (unpaired) electrons. The van der Waals surface area contributed by atoms with Gasteiger partial charge in [-0.25, -0.2) is 0 Å². The first-order valence-electron chi connectivity index (χ1n) is 5.92. The zero-order valence-electron chi connectivity index (χ0n) is 10.0. The molecule has 1 N–H and O–H groups in total. The van der Waals surface area contributed by atoms with Crippen molar-refractivity contribution in [2.45, 2.75) is 46.1 Å². The summed E-state index contributed by atoms with van der Waals surface area (Å²) in [4.78, 5) is 0. The van der Waals surface area contributed by atoms with Gasteiger partial charge in [-0.2, -0.15) is 0 Å². The molecule has 0 aliphatic rings. The number of hydrogen-bond donors (Lipinski definition) is 1. The van der Waals surface area contributed by atoms with Crippen molar-refractivity contribution in [1.82, 2.24) is 0 Å². The number of hydrogen-bond acceptors (Lipinski definition) is 1. The zero-order chi connectivity index (χ0) is 11.3. The molecule has 0 bridgehead atoms. The van der Waals surface area contributed by atoms with Crippen LogP contribution in [0.1, 0.15) is 50.8 Å².